The number of benzene rings is 1. The average Bonchev–Trinajstić information content (AvgIpc) is 2.59. The second-order valence-electron chi connectivity index (χ2n) is 5.11. The van der Waals surface area contributed by atoms with Crippen LogP contribution >= 0.6 is 0 Å². The molecule has 0 aromatic heterocycles. The second kappa shape index (κ2) is 2.83. The first-order chi connectivity index (χ1) is 6.46. The van der Waals surface area contributed by atoms with E-state index in [9.17, 15) is 0 Å². The quantitative estimate of drug-likeness (QED) is 0.722. The number of hydrogen-bond donors (Lipinski definition) is 1. The highest BCUT2D eigenvalue weighted by atomic mass is 14.8. The molecule has 2 atom stereocenters. The smallest absolute Gasteiger partial charge is 0.0172 e. The summed E-state index contributed by atoms with van der Waals surface area (Å²) in [6.07, 6.45) is 0. The van der Waals surface area contributed by atoms with E-state index in [2.05, 4.69) is 45.9 Å². The SMILES string of the molecule is Cc1cccc(C2C(N)C2(C)C)c1C. The first-order valence-corrected chi connectivity index (χ1v) is 5.28. The van der Waals surface area contributed by atoms with E-state index in [4.69, 9.17) is 5.73 Å². The number of nitrogens with two attached hydrogens (primary N) is 1. The summed E-state index contributed by atoms with van der Waals surface area (Å²) in [5, 5.41) is 0. The van der Waals surface area contributed by atoms with Gasteiger partial charge in [-0.05, 0) is 36.0 Å². The summed E-state index contributed by atoms with van der Waals surface area (Å²) in [6.45, 7) is 8.87. The molecule has 2 unspecified atom stereocenters. The van der Waals surface area contributed by atoms with Crippen molar-refractivity contribution in [3.63, 3.8) is 0 Å². The van der Waals surface area contributed by atoms with Crippen molar-refractivity contribution in [1.29, 1.82) is 0 Å². The van der Waals surface area contributed by atoms with Gasteiger partial charge >= 0.3 is 0 Å². The molecule has 1 heteroatoms. The van der Waals surface area contributed by atoms with Crippen LogP contribution in [0.1, 0.15) is 36.5 Å². The monoisotopic (exact) mass is 189 g/mol. The van der Waals surface area contributed by atoms with Gasteiger partial charge in [0.25, 0.3) is 0 Å². The van der Waals surface area contributed by atoms with Crippen LogP contribution in [0.4, 0.5) is 0 Å². The van der Waals surface area contributed by atoms with Gasteiger partial charge in [-0.2, -0.15) is 0 Å². The van der Waals surface area contributed by atoms with Gasteiger partial charge in [0, 0.05) is 12.0 Å². The average molecular weight is 189 g/mol. The van der Waals surface area contributed by atoms with Crippen LogP contribution in [0, 0.1) is 19.3 Å². The lowest BCUT2D eigenvalue weighted by Crippen LogP contribution is -2.06. The number of hydrogen-bond acceptors (Lipinski definition) is 1. The molecular weight excluding hydrogens is 170 g/mol. The minimum absolute atomic E-state index is 0.290. The predicted octanol–water partition coefficient (Wildman–Crippen LogP) is 2.75. The number of aryl methyl sites for hydroxylation is 1. The fourth-order valence-corrected chi connectivity index (χ4v) is 2.38. The van der Waals surface area contributed by atoms with E-state index in [1.54, 1.807) is 0 Å². The van der Waals surface area contributed by atoms with E-state index in [-0.39, 0.29) is 0 Å². The van der Waals surface area contributed by atoms with Crippen LogP contribution in [0.5, 0.6) is 0 Å². The Morgan fingerprint density at radius 1 is 1.21 bits per heavy atom. The van der Waals surface area contributed by atoms with Crippen LogP contribution in [0.3, 0.4) is 0 Å². The molecule has 76 valence electrons. The highest BCUT2D eigenvalue weighted by Crippen LogP contribution is 2.57. The van der Waals surface area contributed by atoms with Crippen molar-refractivity contribution in [2.75, 3.05) is 0 Å². The fraction of sp³-hybridized carbons (Fsp3) is 0.538. The Labute approximate surface area is 86.3 Å². The molecule has 0 spiro atoms. The molecular formula is C13H19N. The van der Waals surface area contributed by atoms with Gasteiger partial charge in [0.2, 0.25) is 0 Å². The molecule has 1 nitrogen and oxygen atoms in total. The predicted molar refractivity (Wildman–Crippen MR) is 60.4 cm³/mol. The van der Waals surface area contributed by atoms with Crippen LogP contribution in [-0.4, -0.2) is 6.04 Å². The third kappa shape index (κ3) is 1.19. The van der Waals surface area contributed by atoms with Crippen LogP contribution in [-0.2, 0) is 0 Å². The van der Waals surface area contributed by atoms with Crippen molar-refractivity contribution in [1.82, 2.24) is 0 Å². The Morgan fingerprint density at radius 2 is 1.79 bits per heavy atom. The topological polar surface area (TPSA) is 26.0 Å². The minimum atomic E-state index is 0.290. The molecule has 1 aliphatic rings. The van der Waals surface area contributed by atoms with Gasteiger partial charge in [0.15, 0.2) is 0 Å². The summed E-state index contributed by atoms with van der Waals surface area (Å²) in [6, 6.07) is 6.86. The van der Waals surface area contributed by atoms with Gasteiger partial charge in [0.05, 0.1) is 0 Å². The Balaban J connectivity index is 2.40. The van der Waals surface area contributed by atoms with E-state index in [0.29, 0.717) is 17.4 Å². The summed E-state index contributed by atoms with van der Waals surface area (Å²) in [4.78, 5) is 0. The van der Waals surface area contributed by atoms with E-state index in [0.717, 1.165) is 0 Å². The summed E-state index contributed by atoms with van der Waals surface area (Å²) in [5.74, 6) is 0.558. The zero-order valence-electron chi connectivity index (χ0n) is 9.46. The van der Waals surface area contributed by atoms with Crippen LogP contribution in [0.2, 0.25) is 0 Å². The third-order valence-electron chi connectivity index (χ3n) is 3.89. The van der Waals surface area contributed by atoms with Gasteiger partial charge < -0.3 is 5.73 Å². The molecule has 1 saturated carbocycles. The maximum absolute atomic E-state index is 6.10. The molecule has 0 saturated heterocycles. The van der Waals surface area contributed by atoms with Gasteiger partial charge in [-0.3, -0.25) is 0 Å². The molecule has 1 aliphatic carbocycles. The summed E-state index contributed by atoms with van der Waals surface area (Å²) in [5.41, 5.74) is 10.6. The molecule has 0 bridgehead atoms. The summed E-state index contributed by atoms with van der Waals surface area (Å²) >= 11 is 0. The molecule has 1 aromatic rings. The first kappa shape index (κ1) is 9.72. The van der Waals surface area contributed by atoms with Gasteiger partial charge in [-0.15, -0.1) is 0 Å². The van der Waals surface area contributed by atoms with Crippen LogP contribution < -0.4 is 5.73 Å². The van der Waals surface area contributed by atoms with E-state index < -0.39 is 0 Å². The maximum Gasteiger partial charge on any atom is 0.0172 e. The van der Waals surface area contributed by atoms with Crippen LogP contribution in [0.15, 0.2) is 18.2 Å². The summed E-state index contributed by atoms with van der Waals surface area (Å²) in [7, 11) is 0. The van der Waals surface area contributed by atoms with Crippen molar-refractivity contribution in [2.45, 2.75) is 39.7 Å². The molecule has 1 aromatic carbocycles. The van der Waals surface area contributed by atoms with Gasteiger partial charge in [0.1, 0.15) is 0 Å². The molecule has 2 rings (SSSR count). The molecule has 0 aliphatic heterocycles. The molecule has 0 amide bonds. The molecule has 0 radical (unpaired) electrons. The van der Waals surface area contributed by atoms with Crippen molar-refractivity contribution in [2.24, 2.45) is 11.1 Å². The van der Waals surface area contributed by atoms with E-state index >= 15 is 0 Å². The van der Waals surface area contributed by atoms with Crippen LogP contribution in [0.25, 0.3) is 0 Å². The van der Waals surface area contributed by atoms with Crippen molar-refractivity contribution >= 4 is 0 Å². The molecule has 2 N–H and O–H groups in total. The van der Waals surface area contributed by atoms with E-state index in [1.807, 2.05) is 0 Å². The van der Waals surface area contributed by atoms with Gasteiger partial charge in [-0.25, -0.2) is 0 Å². The Morgan fingerprint density at radius 3 is 2.29 bits per heavy atom. The maximum atomic E-state index is 6.10. The zero-order valence-corrected chi connectivity index (χ0v) is 9.46. The fourth-order valence-electron chi connectivity index (χ4n) is 2.38. The van der Waals surface area contributed by atoms with Crippen molar-refractivity contribution in [3.05, 3.63) is 34.9 Å². The molecule has 0 heterocycles. The lowest BCUT2D eigenvalue weighted by atomic mass is 9.96. The Kier molecular flexibility index (Phi) is 1.97. The Hall–Kier alpha value is -0.820. The summed E-state index contributed by atoms with van der Waals surface area (Å²) < 4.78 is 0. The zero-order chi connectivity index (χ0) is 10.5. The normalized spacial score (nSPS) is 28.9. The molecule has 14 heavy (non-hydrogen) atoms. The lowest BCUT2D eigenvalue weighted by molar-refractivity contribution is 0.598. The van der Waals surface area contributed by atoms with E-state index in [1.165, 1.54) is 16.7 Å². The highest BCUT2D eigenvalue weighted by molar-refractivity contribution is 5.42. The first-order valence-electron chi connectivity index (χ1n) is 5.28. The van der Waals surface area contributed by atoms with Crippen molar-refractivity contribution in [3.8, 4) is 0 Å². The second-order valence-corrected chi connectivity index (χ2v) is 5.11. The number of rotatable bonds is 1. The van der Waals surface area contributed by atoms with Gasteiger partial charge in [-0.1, -0.05) is 32.0 Å². The largest absolute Gasteiger partial charge is 0.327 e. The minimum Gasteiger partial charge on any atom is -0.327 e. The third-order valence-corrected chi connectivity index (χ3v) is 3.89. The highest BCUT2D eigenvalue weighted by Gasteiger charge is 2.56. The standard InChI is InChI=1S/C13H19N/c1-8-6-5-7-10(9(8)2)11-12(14)13(11,3)4/h5-7,11-12H,14H2,1-4H3. The Bertz CT molecular complexity index is 365. The molecule has 1 fully saturated rings. The lowest BCUT2D eigenvalue weighted by Gasteiger charge is -2.09. The van der Waals surface area contributed by atoms with Crippen molar-refractivity contribution < 1.29 is 0 Å².